The molecule has 1 saturated heterocycles. The van der Waals surface area contributed by atoms with Crippen LogP contribution in [0.25, 0.3) is 28.0 Å². The SMILES string of the molecule is CCC1(CC)c2cc(F)ccc2-c2c1c1c(c3cc(F)ccc23)OC(c2ccc(SC)cc2)(c2ccc(N3CCOCC3)cc2)C=C1. The second-order valence-electron chi connectivity index (χ2n) is 12.7. The van der Waals surface area contributed by atoms with E-state index in [0.29, 0.717) is 5.75 Å². The molecule has 1 unspecified atom stereocenters. The number of rotatable bonds is 6. The molecule has 0 spiro atoms. The van der Waals surface area contributed by atoms with Crippen LogP contribution in [0.3, 0.4) is 0 Å². The Morgan fingerprint density at radius 1 is 0.787 bits per heavy atom. The molecule has 1 fully saturated rings. The molecule has 0 N–H and O–H groups in total. The van der Waals surface area contributed by atoms with Crippen molar-refractivity contribution in [2.75, 3.05) is 37.5 Å². The molecule has 5 aromatic carbocycles. The average Bonchev–Trinajstić information content (AvgIpc) is 3.41. The van der Waals surface area contributed by atoms with E-state index >= 15 is 4.39 Å². The highest BCUT2D eigenvalue weighted by Crippen LogP contribution is 2.60. The number of nitrogens with zero attached hydrogens (tertiary/aromatic N) is 1. The summed E-state index contributed by atoms with van der Waals surface area (Å²) in [6.07, 6.45) is 8.01. The molecular formula is C41H37F2NO2S. The molecule has 1 atom stereocenters. The molecular weight excluding hydrogens is 609 g/mol. The van der Waals surface area contributed by atoms with Gasteiger partial charge in [-0.05, 0) is 101 Å². The van der Waals surface area contributed by atoms with Crippen molar-refractivity contribution in [3.05, 3.63) is 130 Å². The van der Waals surface area contributed by atoms with Crippen LogP contribution in [0.4, 0.5) is 14.5 Å². The molecule has 2 heterocycles. The van der Waals surface area contributed by atoms with Crippen LogP contribution in [0.5, 0.6) is 5.75 Å². The fourth-order valence-electron chi connectivity index (χ4n) is 8.20. The predicted octanol–water partition coefficient (Wildman–Crippen LogP) is 10.1. The minimum atomic E-state index is -0.959. The lowest BCUT2D eigenvalue weighted by atomic mass is 9.71. The minimum Gasteiger partial charge on any atom is -0.472 e. The van der Waals surface area contributed by atoms with Gasteiger partial charge in [0.05, 0.1) is 13.2 Å². The third-order valence-electron chi connectivity index (χ3n) is 10.7. The van der Waals surface area contributed by atoms with Crippen molar-refractivity contribution >= 4 is 34.3 Å². The van der Waals surface area contributed by atoms with E-state index in [4.69, 9.17) is 9.47 Å². The second kappa shape index (κ2) is 11.5. The van der Waals surface area contributed by atoms with Crippen LogP contribution in [0, 0.1) is 11.6 Å². The monoisotopic (exact) mass is 645 g/mol. The van der Waals surface area contributed by atoms with E-state index in [1.807, 2.05) is 12.1 Å². The Kier molecular flexibility index (Phi) is 7.42. The van der Waals surface area contributed by atoms with Gasteiger partial charge in [0.1, 0.15) is 17.4 Å². The Hall–Kier alpha value is -4.13. The first-order valence-electron chi connectivity index (χ1n) is 16.5. The number of hydrogen-bond donors (Lipinski definition) is 0. The molecule has 0 radical (unpaired) electrons. The standard InChI is InChI=1S/C41H37F2NO2S/c1-4-40(5-2)36-25-29(43)11-17-33(36)37-32-16-10-28(42)24-35(32)39-34(38(37)40)18-19-41(46-39,27-8-14-31(47-3)15-9-27)26-6-12-30(13-7-26)44-20-22-45-23-21-44/h6-19,24-25H,4-5,20-23H2,1-3H3. The smallest absolute Gasteiger partial charge is 0.178 e. The summed E-state index contributed by atoms with van der Waals surface area (Å²) in [5.74, 6) is 0.0933. The maximum atomic E-state index is 15.2. The van der Waals surface area contributed by atoms with E-state index in [2.05, 4.69) is 85.7 Å². The summed E-state index contributed by atoms with van der Waals surface area (Å²) in [7, 11) is 0. The van der Waals surface area contributed by atoms with Crippen LogP contribution in [0.2, 0.25) is 0 Å². The van der Waals surface area contributed by atoms with Gasteiger partial charge in [-0.2, -0.15) is 0 Å². The largest absolute Gasteiger partial charge is 0.472 e. The third kappa shape index (κ3) is 4.56. The number of morpholine rings is 1. The van der Waals surface area contributed by atoms with Crippen LogP contribution in [-0.4, -0.2) is 32.6 Å². The Labute approximate surface area is 279 Å². The van der Waals surface area contributed by atoms with Crippen molar-refractivity contribution in [1.29, 1.82) is 0 Å². The van der Waals surface area contributed by atoms with E-state index in [9.17, 15) is 4.39 Å². The van der Waals surface area contributed by atoms with Crippen molar-refractivity contribution in [3.63, 3.8) is 0 Å². The Morgan fingerprint density at radius 3 is 2.13 bits per heavy atom. The van der Waals surface area contributed by atoms with Gasteiger partial charge in [-0.25, -0.2) is 8.78 Å². The van der Waals surface area contributed by atoms with Gasteiger partial charge in [0.15, 0.2) is 5.60 Å². The van der Waals surface area contributed by atoms with Gasteiger partial charge in [-0.3, -0.25) is 0 Å². The number of fused-ring (bicyclic) bond motifs is 8. The van der Waals surface area contributed by atoms with Crippen LogP contribution in [0.1, 0.15) is 54.5 Å². The molecule has 0 aromatic heterocycles. The van der Waals surface area contributed by atoms with Crippen molar-refractivity contribution in [2.24, 2.45) is 0 Å². The van der Waals surface area contributed by atoms with Crippen LogP contribution in [-0.2, 0) is 15.8 Å². The average molecular weight is 646 g/mol. The fourth-order valence-corrected chi connectivity index (χ4v) is 8.61. The van der Waals surface area contributed by atoms with Crippen LogP contribution in [0.15, 0.2) is 95.9 Å². The maximum Gasteiger partial charge on any atom is 0.178 e. The van der Waals surface area contributed by atoms with Gasteiger partial charge < -0.3 is 14.4 Å². The van der Waals surface area contributed by atoms with Gasteiger partial charge in [0, 0.05) is 51.2 Å². The molecule has 5 aromatic rings. The van der Waals surface area contributed by atoms with Crippen LogP contribution < -0.4 is 9.64 Å². The highest BCUT2D eigenvalue weighted by molar-refractivity contribution is 7.98. The summed E-state index contributed by atoms with van der Waals surface area (Å²) in [5, 5.41) is 1.64. The molecule has 3 aliphatic rings. The molecule has 0 saturated carbocycles. The predicted molar refractivity (Wildman–Crippen MR) is 189 cm³/mol. The highest BCUT2D eigenvalue weighted by Gasteiger charge is 2.47. The zero-order chi connectivity index (χ0) is 32.3. The molecule has 3 nitrogen and oxygen atoms in total. The fraction of sp³-hybridized carbons (Fsp3) is 0.268. The quantitative estimate of drug-likeness (QED) is 0.171. The molecule has 0 bridgehead atoms. The number of anilines is 1. The first-order chi connectivity index (χ1) is 22.9. The van der Waals surface area contributed by atoms with E-state index < -0.39 is 11.0 Å². The summed E-state index contributed by atoms with van der Waals surface area (Å²) in [4.78, 5) is 3.51. The lowest BCUT2D eigenvalue weighted by Gasteiger charge is -2.39. The van der Waals surface area contributed by atoms with Crippen molar-refractivity contribution < 1.29 is 18.3 Å². The Balaban J connectivity index is 1.38. The lowest BCUT2D eigenvalue weighted by molar-refractivity contribution is 0.122. The van der Waals surface area contributed by atoms with Gasteiger partial charge >= 0.3 is 0 Å². The molecule has 8 rings (SSSR count). The number of benzene rings is 5. The normalized spacial score (nSPS) is 19.3. The molecule has 6 heteroatoms. The van der Waals surface area contributed by atoms with Gasteiger partial charge in [-0.1, -0.05) is 56.3 Å². The van der Waals surface area contributed by atoms with Gasteiger partial charge in [-0.15, -0.1) is 11.8 Å². The Morgan fingerprint density at radius 2 is 1.45 bits per heavy atom. The number of hydrogen-bond acceptors (Lipinski definition) is 4. The first-order valence-corrected chi connectivity index (χ1v) is 17.7. The zero-order valence-electron chi connectivity index (χ0n) is 26.9. The second-order valence-corrected chi connectivity index (χ2v) is 13.6. The van der Waals surface area contributed by atoms with Gasteiger partial charge in [0.25, 0.3) is 0 Å². The van der Waals surface area contributed by atoms with E-state index in [0.717, 1.165) is 99.4 Å². The lowest BCUT2D eigenvalue weighted by Crippen LogP contribution is -2.37. The van der Waals surface area contributed by atoms with Crippen molar-refractivity contribution in [3.8, 4) is 16.9 Å². The molecule has 2 aliphatic heterocycles. The summed E-state index contributed by atoms with van der Waals surface area (Å²) < 4.78 is 43.0. The summed E-state index contributed by atoms with van der Waals surface area (Å²) in [5.41, 5.74) is 6.90. The maximum absolute atomic E-state index is 15.2. The molecule has 47 heavy (non-hydrogen) atoms. The number of halogens is 2. The van der Waals surface area contributed by atoms with Gasteiger partial charge in [0.2, 0.25) is 0 Å². The number of thioether (sulfide) groups is 1. The topological polar surface area (TPSA) is 21.7 Å². The van der Waals surface area contributed by atoms with E-state index in [1.165, 1.54) is 12.1 Å². The zero-order valence-corrected chi connectivity index (χ0v) is 27.7. The molecule has 238 valence electrons. The molecule has 0 amide bonds. The minimum absolute atomic E-state index is 0.243. The molecule has 1 aliphatic carbocycles. The number of ether oxygens (including phenoxy) is 2. The van der Waals surface area contributed by atoms with Crippen molar-refractivity contribution in [2.45, 2.75) is 42.6 Å². The van der Waals surface area contributed by atoms with E-state index in [1.54, 1.807) is 23.9 Å². The summed E-state index contributed by atoms with van der Waals surface area (Å²) in [6.45, 7) is 7.51. The first kappa shape index (κ1) is 30.2. The Bertz CT molecular complexity index is 2030. The van der Waals surface area contributed by atoms with Crippen LogP contribution >= 0.6 is 11.8 Å². The van der Waals surface area contributed by atoms with E-state index in [-0.39, 0.29) is 11.6 Å². The van der Waals surface area contributed by atoms with Crippen molar-refractivity contribution in [1.82, 2.24) is 0 Å². The summed E-state index contributed by atoms with van der Waals surface area (Å²) >= 11 is 1.70. The highest BCUT2D eigenvalue weighted by atomic mass is 32.2. The summed E-state index contributed by atoms with van der Waals surface area (Å²) in [6, 6.07) is 27.3. The third-order valence-corrected chi connectivity index (χ3v) is 11.4.